The Kier molecular flexibility index (Phi) is 7.76. The number of nitriles is 1. The van der Waals surface area contributed by atoms with Crippen molar-refractivity contribution in [3.8, 4) is 6.07 Å². The summed E-state index contributed by atoms with van der Waals surface area (Å²) in [6.45, 7) is 4.67. The maximum atomic E-state index is 8.57. The Balaban J connectivity index is 3.30. The molecule has 0 saturated heterocycles. The summed E-state index contributed by atoms with van der Waals surface area (Å²) in [5.74, 6) is 2.14. The average Bonchev–Trinajstić information content (AvgIpc) is 2.03. The molecule has 0 saturated carbocycles. The summed E-state index contributed by atoms with van der Waals surface area (Å²) in [5, 5.41) is 8.57. The van der Waals surface area contributed by atoms with E-state index in [9.17, 15) is 0 Å². The van der Waals surface area contributed by atoms with Crippen LogP contribution in [0.5, 0.6) is 0 Å². The molecule has 1 atom stereocenters. The van der Waals surface area contributed by atoms with Gasteiger partial charge in [-0.3, -0.25) is 0 Å². The Morgan fingerprint density at radius 2 is 2.27 bits per heavy atom. The van der Waals surface area contributed by atoms with Crippen LogP contribution in [0.25, 0.3) is 0 Å². The molecule has 0 aliphatic heterocycles. The van der Waals surface area contributed by atoms with Gasteiger partial charge in [0, 0.05) is 6.61 Å². The summed E-state index contributed by atoms with van der Waals surface area (Å²) in [7, 11) is 0. The normalized spacial score (nSPS) is 12.5. The van der Waals surface area contributed by atoms with Gasteiger partial charge in [-0.2, -0.15) is 17.0 Å². The minimum absolute atomic E-state index is 0.195. The van der Waals surface area contributed by atoms with Crippen molar-refractivity contribution >= 4 is 11.8 Å². The van der Waals surface area contributed by atoms with Crippen LogP contribution in [0.1, 0.15) is 20.3 Å². The van der Waals surface area contributed by atoms with E-state index in [1.807, 2.05) is 18.7 Å². The Labute approximate surface area is 72.9 Å². The minimum atomic E-state index is -0.195. The van der Waals surface area contributed by atoms with Crippen LogP contribution < -0.4 is 0 Å². The summed E-state index contributed by atoms with van der Waals surface area (Å²) >= 11 is 1.85. The van der Waals surface area contributed by atoms with Crippen LogP contribution in [-0.2, 0) is 4.74 Å². The van der Waals surface area contributed by atoms with E-state index in [-0.39, 0.29) is 6.10 Å². The lowest BCUT2D eigenvalue weighted by molar-refractivity contribution is 0.0997. The van der Waals surface area contributed by atoms with Crippen molar-refractivity contribution in [3.63, 3.8) is 0 Å². The average molecular weight is 173 g/mol. The zero-order valence-electron chi connectivity index (χ0n) is 7.17. The standard InChI is InChI=1S/C8H15NOS/c1-3-10-8(7-9)5-6-11-4-2/h8H,3-6H2,1-2H3. The monoisotopic (exact) mass is 173 g/mol. The van der Waals surface area contributed by atoms with Crippen LogP contribution >= 0.6 is 11.8 Å². The third-order valence-corrected chi connectivity index (χ3v) is 2.17. The molecule has 0 aliphatic rings. The third kappa shape index (κ3) is 6.21. The lowest BCUT2D eigenvalue weighted by Gasteiger charge is -2.07. The fourth-order valence-electron chi connectivity index (χ4n) is 0.721. The van der Waals surface area contributed by atoms with Gasteiger partial charge in [0.05, 0.1) is 6.07 Å². The van der Waals surface area contributed by atoms with Crippen molar-refractivity contribution in [1.29, 1.82) is 5.26 Å². The smallest absolute Gasteiger partial charge is 0.144 e. The molecule has 0 bridgehead atoms. The van der Waals surface area contributed by atoms with Crippen LogP contribution in [-0.4, -0.2) is 24.2 Å². The van der Waals surface area contributed by atoms with Crippen molar-refractivity contribution in [3.05, 3.63) is 0 Å². The Morgan fingerprint density at radius 1 is 1.55 bits per heavy atom. The SMILES string of the molecule is CCOC(C#N)CCSCC. The highest BCUT2D eigenvalue weighted by Gasteiger charge is 2.04. The van der Waals surface area contributed by atoms with Gasteiger partial charge in [-0.05, 0) is 24.9 Å². The Morgan fingerprint density at radius 3 is 2.73 bits per heavy atom. The van der Waals surface area contributed by atoms with Gasteiger partial charge < -0.3 is 4.74 Å². The predicted octanol–water partition coefficient (Wildman–Crippen LogP) is 2.06. The molecule has 0 spiro atoms. The van der Waals surface area contributed by atoms with E-state index in [2.05, 4.69) is 13.0 Å². The van der Waals surface area contributed by atoms with E-state index in [0.29, 0.717) is 6.61 Å². The van der Waals surface area contributed by atoms with Crippen molar-refractivity contribution in [2.24, 2.45) is 0 Å². The largest absolute Gasteiger partial charge is 0.364 e. The van der Waals surface area contributed by atoms with Crippen molar-refractivity contribution in [2.75, 3.05) is 18.1 Å². The van der Waals surface area contributed by atoms with Gasteiger partial charge in [-0.15, -0.1) is 0 Å². The molecule has 11 heavy (non-hydrogen) atoms. The van der Waals surface area contributed by atoms with E-state index in [0.717, 1.165) is 17.9 Å². The fraction of sp³-hybridized carbons (Fsp3) is 0.875. The van der Waals surface area contributed by atoms with Crippen molar-refractivity contribution in [1.82, 2.24) is 0 Å². The second kappa shape index (κ2) is 7.90. The first-order valence-electron chi connectivity index (χ1n) is 3.94. The maximum absolute atomic E-state index is 8.57. The molecule has 0 N–H and O–H groups in total. The van der Waals surface area contributed by atoms with Crippen molar-refractivity contribution < 1.29 is 4.74 Å². The molecule has 0 aliphatic carbocycles. The summed E-state index contributed by atoms with van der Waals surface area (Å²) in [5.41, 5.74) is 0. The highest BCUT2D eigenvalue weighted by atomic mass is 32.2. The highest BCUT2D eigenvalue weighted by Crippen LogP contribution is 2.05. The lowest BCUT2D eigenvalue weighted by Crippen LogP contribution is -2.10. The second-order valence-corrected chi connectivity index (χ2v) is 3.45. The van der Waals surface area contributed by atoms with Gasteiger partial charge in [-0.25, -0.2) is 0 Å². The molecular weight excluding hydrogens is 158 g/mol. The van der Waals surface area contributed by atoms with Gasteiger partial charge in [0.15, 0.2) is 0 Å². The van der Waals surface area contributed by atoms with Crippen LogP contribution in [0, 0.1) is 11.3 Å². The van der Waals surface area contributed by atoms with Gasteiger partial charge in [0.1, 0.15) is 6.10 Å². The maximum Gasteiger partial charge on any atom is 0.144 e. The zero-order valence-corrected chi connectivity index (χ0v) is 7.99. The fourth-order valence-corrected chi connectivity index (χ4v) is 1.39. The molecule has 1 unspecified atom stereocenters. The number of rotatable bonds is 6. The second-order valence-electron chi connectivity index (χ2n) is 2.06. The van der Waals surface area contributed by atoms with Crippen LogP contribution in [0.2, 0.25) is 0 Å². The molecule has 0 fully saturated rings. The molecule has 0 amide bonds. The number of hydrogen-bond acceptors (Lipinski definition) is 3. The zero-order chi connectivity index (χ0) is 8.53. The summed E-state index contributed by atoms with van der Waals surface area (Å²) in [4.78, 5) is 0. The molecule has 0 radical (unpaired) electrons. The number of hydrogen-bond donors (Lipinski definition) is 0. The Hall–Kier alpha value is -0.200. The van der Waals surface area contributed by atoms with Gasteiger partial charge in [0.25, 0.3) is 0 Å². The summed E-state index contributed by atoms with van der Waals surface area (Å²) < 4.78 is 5.16. The summed E-state index contributed by atoms with van der Waals surface area (Å²) in [6.07, 6.45) is 0.655. The molecule has 0 aromatic rings. The predicted molar refractivity (Wildman–Crippen MR) is 48.6 cm³/mol. The number of nitrogens with zero attached hydrogens (tertiary/aromatic N) is 1. The molecule has 64 valence electrons. The molecule has 0 aromatic heterocycles. The first-order valence-corrected chi connectivity index (χ1v) is 5.09. The van der Waals surface area contributed by atoms with E-state index < -0.39 is 0 Å². The Bertz CT molecular complexity index is 122. The van der Waals surface area contributed by atoms with Crippen molar-refractivity contribution in [2.45, 2.75) is 26.4 Å². The van der Waals surface area contributed by atoms with Crippen LogP contribution in [0.15, 0.2) is 0 Å². The quantitative estimate of drug-likeness (QED) is 0.576. The molecule has 3 heteroatoms. The third-order valence-electron chi connectivity index (χ3n) is 1.24. The molecular formula is C8H15NOS. The molecule has 2 nitrogen and oxygen atoms in total. The first kappa shape index (κ1) is 10.8. The lowest BCUT2D eigenvalue weighted by atomic mass is 10.3. The molecule has 0 rings (SSSR count). The number of thioether (sulfide) groups is 1. The van der Waals surface area contributed by atoms with E-state index in [1.165, 1.54) is 0 Å². The molecule has 0 aromatic carbocycles. The van der Waals surface area contributed by atoms with Gasteiger partial charge in [0.2, 0.25) is 0 Å². The van der Waals surface area contributed by atoms with E-state index in [4.69, 9.17) is 10.00 Å². The van der Waals surface area contributed by atoms with Gasteiger partial charge in [-0.1, -0.05) is 6.92 Å². The van der Waals surface area contributed by atoms with Crippen LogP contribution in [0.4, 0.5) is 0 Å². The highest BCUT2D eigenvalue weighted by molar-refractivity contribution is 7.99. The topological polar surface area (TPSA) is 33.0 Å². The van der Waals surface area contributed by atoms with E-state index in [1.54, 1.807) is 0 Å². The number of ether oxygens (including phenoxy) is 1. The minimum Gasteiger partial charge on any atom is -0.364 e. The molecule has 0 heterocycles. The first-order chi connectivity index (χ1) is 5.35. The summed E-state index contributed by atoms with van der Waals surface area (Å²) in [6, 6.07) is 2.13. The van der Waals surface area contributed by atoms with E-state index >= 15 is 0 Å². The van der Waals surface area contributed by atoms with Gasteiger partial charge >= 0.3 is 0 Å². The van der Waals surface area contributed by atoms with Crippen LogP contribution in [0.3, 0.4) is 0 Å².